The Bertz CT molecular complexity index is 1460. The summed E-state index contributed by atoms with van der Waals surface area (Å²) in [6, 6.07) is 20.9. The Hall–Kier alpha value is -2.51. The van der Waals surface area contributed by atoms with Crippen LogP contribution in [0.4, 0.5) is 4.79 Å². The summed E-state index contributed by atoms with van der Waals surface area (Å²) in [7, 11) is 0. The van der Waals surface area contributed by atoms with Gasteiger partial charge < -0.3 is 4.57 Å². The van der Waals surface area contributed by atoms with Gasteiger partial charge >= 0.3 is 0 Å². The van der Waals surface area contributed by atoms with Crippen molar-refractivity contribution in [2.45, 2.75) is 13.1 Å². The number of hydrogen-bond donors (Lipinski definition) is 0. The van der Waals surface area contributed by atoms with E-state index in [1.165, 1.54) is 4.90 Å². The number of carbonyl (C=O) groups is 2. The highest BCUT2D eigenvalue weighted by Gasteiger charge is 2.35. The van der Waals surface area contributed by atoms with Crippen molar-refractivity contribution in [2.75, 3.05) is 0 Å². The fraction of sp³-hybridized carbons (Fsp3) is 0.0769. The second-order valence-electron chi connectivity index (χ2n) is 7.86. The first-order valence-corrected chi connectivity index (χ1v) is 12.8. The van der Waals surface area contributed by atoms with Crippen LogP contribution in [0, 0.1) is 0 Å². The van der Waals surface area contributed by atoms with Crippen molar-refractivity contribution in [3.05, 3.63) is 109 Å². The van der Waals surface area contributed by atoms with Crippen molar-refractivity contribution in [3.8, 4) is 0 Å². The van der Waals surface area contributed by atoms with Crippen molar-refractivity contribution in [1.82, 2.24) is 9.47 Å². The summed E-state index contributed by atoms with van der Waals surface area (Å²) in [5.41, 5.74) is 3.71. The topological polar surface area (TPSA) is 42.3 Å². The largest absolute Gasteiger partial charge is 0.342 e. The molecule has 5 rings (SSSR count). The van der Waals surface area contributed by atoms with Gasteiger partial charge in [-0.15, -0.1) is 0 Å². The molecule has 2 heterocycles. The number of carbonyl (C=O) groups excluding carboxylic acids is 2. The molecule has 4 aromatic rings. The number of aromatic nitrogens is 1. The van der Waals surface area contributed by atoms with Gasteiger partial charge in [-0.05, 0) is 65.4 Å². The number of benzene rings is 3. The monoisotopic (exact) mass is 570 g/mol. The van der Waals surface area contributed by atoms with E-state index in [4.69, 9.17) is 23.2 Å². The van der Waals surface area contributed by atoms with Gasteiger partial charge in [-0.2, -0.15) is 0 Å². The molecule has 8 heteroatoms. The number of amides is 2. The number of halogens is 3. The van der Waals surface area contributed by atoms with Crippen LogP contribution in [0.3, 0.4) is 0 Å². The van der Waals surface area contributed by atoms with Gasteiger partial charge in [-0.1, -0.05) is 69.5 Å². The third-order valence-electron chi connectivity index (χ3n) is 5.59. The molecule has 170 valence electrons. The Balaban J connectivity index is 1.49. The molecule has 0 saturated carbocycles. The number of fused-ring (bicyclic) bond motifs is 1. The summed E-state index contributed by atoms with van der Waals surface area (Å²) < 4.78 is 3.04. The van der Waals surface area contributed by atoms with Gasteiger partial charge in [0.1, 0.15) is 0 Å². The van der Waals surface area contributed by atoms with Gasteiger partial charge in [-0.3, -0.25) is 14.5 Å². The number of imide groups is 1. The molecule has 0 unspecified atom stereocenters. The fourth-order valence-electron chi connectivity index (χ4n) is 3.90. The predicted molar refractivity (Wildman–Crippen MR) is 143 cm³/mol. The summed E-state index contributed by atoms with van der Waals surface area (Å²) in [5, 5.41) is 2.00. The minimum Gasteiger partial charge on any atom is -0.342 e. The van der Waals surface area contributed by atoms with Gasteiger partial charge in [0.05, 0.1) is 11.4 Å². The normalized spacial score (nSPS) is 15.1. The second kappa shape index (κ2) is 9.62. The second-order valence-corrected chi connectivity index (χ2v) is 10.6. The summed E-state index contributed by atoms with van der Waals surface area (Å²) in [6.45, 7) is 0.794. The fourth-order valence-corrected chi connectivity index (χ4v) is 5.41. The minimum atomic E-state index is -0.299. The summed E-state index contributed by atoms with van der Waals surface area (Å²) >= 11 is 16.8. The van der Waals surface area contributed by atoms with Gasteiger partial charge in [0.25, 0.3) is 11.1 Å². The van der Waals surface area contributed by atoms with E-state index in [9.17, 15) is 9.59 Å². The highest BCUT2D eigenvalue weighted by Crippen LogP contribution is 2.36. The molecule has 1 aromatic heterocycles. The van der Waals surface area contributed by atoms with Crippen LogP contribution < -0.4 is 0 Å². The highest BCUT2D eigenvalue weighted by atomic mass is 79.9. The zero-order chi connectivity index (χ0) is 23.8. The predicted octanol–water partition coefficient (Wildman–Crippen LogP) is 8.00. The standard InChI is InChI=1S/C26H17BrCl2N2O2S/c27-19-7-10-23-21(12-19)18(15-30(23)14-17-3-1-2-4-22(17)29)11-24-25(32)31(26(33)34-24)13-16-5-8-20(28)9-6-16/h1-12,15H,13-14H2/b24-11-. The number of hydrogen-bond acceptors (Lipinski definition) is 3. The average molecular weight is 572 g/mol. The van der Waals surface area contributed by atoms with E-state index >= 15 is 0 Å². The Labute approximate surface area is 219 Å². The van der Waals surface area contributed by atoms with E-state index in [1.54, 1.807) is 18.2 Å². The van der Waals surface area contributed by atoms with E-state index in [0.717, 1.165) is 43.8 Å². The number of nitrogens with zero attached hydrogens (tertiary/aromatic N) is 2. The van der Waals surface area contributed by atoms with Crippen LogP contribution in [0.15, 0.2) is 82.3 Å². The maximum Gasteiger partial charge on any atom is 0.293 e. The van der Waals surface area contributed by atoms with Crippen molar-refractivity contribution < 1.29 is 9.59 Å². The number of rotatable bonds is 5. The first kappa shape index (κ1) is 23.2. The lowest BCUT2D eigenvalue weighted by molar-refractivity contribution is -0.123. The Kier molecular flexibility index (Phi) is 6.58. The van der Waals surface area contributed by atoms with Crippen LogP contribution in [0.5, 0.6) is 0 Å². The van der Waals surface area contributed by atoms with Gasteiger partial charge in [-0.25, -0.2) is 0 Å². The van der Waals surface area contributed by atoms with Crippen LogP contribution in [-0.4, -0.2) is 20.6 Å². The molecule has 0 spiro atoms. The van der Waals surface area contributed by atoms with Crippen LogP contribution >= 0.6 is 50.9 Å². The first-order valence-electron chi connectivity index (χ1n) is 10.4. The number of thioether (sulfide) groups is 1. The third-order valence-corrected chi connectivity index (χ3v) is 7.61. The molecule has 4 nitrogen and oxygen atoms in total. The van der Waals surface area contributed by atoms with Crippen molar-refractivity contribution in [3.63, 3.8) is 0 Å². The lowest BCUT2D eigenvalue weighted by Crippen LogP contribution is -2.27. The molecule has 0 atom stereocenters. The SMILES string of the molecule is O=C1S/C(=C\c2cn(Cc3ccccc3Cl)c3ccc(Br)cc23)C(=O)N1Cc1ccc(Cl)cc1. The Morgan fingerprint density at radius 3 is 2.47 bits per heavy atom. The lowest BCUT2D eigenvalue weighted by Gasteiger charge is -2.12. The van der Waals surface area contributed by atoms with Gasteiger partial charge in [0, 0.05) is 43.7 Å². The first-order chi connectivity index (χ1) is 16.4. The summed E-state index contributed by atoms with van der Waals surface area (Å²) in [5.74, 6) is -0.299. The molecular weight excluding hydrogens is 555 g/mol. The molecule has 34 heavy (non-hydrogen) atoms. The molecule has 2 amide bonds. The molecule has 1 fully saturated rings. The van der Waals surface area contributed by atoms with Crippen molar-refractivity contribution in [2.24, 2.45) is 0 Å². The Morgan fingerprint density at radius 1 is 0.941 bits per heavy atom. The molecule has 0 aliphatic carbocycles. The molecule has 0 radical (unpaired) electrons. The molecule has 3 aromatic carbocycles. The zero-order valence-corrected chi connectivity index (χ0v) is 21.6. The molecule has 0 bridgehead atoms. The van der Waals surface area contributed by atoms with E-state index < -0.39 is 0 Å². The Morgan fingerprint density at radius 2 is 1.71 bits per heavy atom. The van der Waals surface area contributed by atoms with E-state index in [-0.39, 0.29) is 17.7 Å². The van der Waals surface area contributed by atoms with Crippen molar-refractivity contribution >= 4 is 79.0 Å². The highest BCUT2D eigenvalue weighted by molar-refractivity contribution is 9.10. The van der Waals surface area contributed by atoms with E-state index in [0.29, 0.717) is 21.5 Å². The van der Waals surface area contributed by atoms with Crippen molar-refractivity contribution in [1.29, 1.82) is 0 Å². The van der Waals surface area contributed by atoms with E-state index in [2.05, 4.69) is 20.5 Å². The molecule has 1 aliphatic rings. The van der Waals surface area contributed by atoms with Crippen LogP contribution in [0.2, 0.25) is 10.0 Å². The minimum absolute atomic E-state index is 0.207. The zero-order valence-electron chi connectivity index (χ0n) is 17.7. The quantitative estimate of drug-likeness (QED) is 0.228. The summed E-state index contributed by atoms with van der Waals surface area (Å²) in [6.07, 6.45) is 3.79. The average Bonchev–Trinajstić information content (AvgIpc) is 3.28. The maximum absolute atomic E-state index is 13.1. The molecule has 1 saturated heterocycles. The van der Waals surface area contributed by atoms with E-state index in [1.807, 2.05) is 60.8 Å². The maximum atomic E-state index is 13.1. The lowest BCUT2D eigenvalue weighted by atomic mass is 10.1. The van der Waals surface area contributed by atoms with Gasteiger partial charge in [0.15, 0.2) is 0 Å². The molecular formula is C26H17BrCl2N2O2S. The third kappa shape index (κ3) is 4.68. The molecule has 0 N–H and O–H groups in total. The molecule has 1 aliphatic heterocycles. The summed E-state index contributed by atoms with van der Waals surface area (Å²) in [4.78, 5) is 27.4. The van der Waals surface area contributed by atoms with Crippen LogP contribution in [0.1, 0.15) is 16.7 Å². The van der Waals surface area contributed by atoms with Crippen LogP contribution in [-0.2, 0) is 17.9 Å². The van der Waals surface area contributed by atoms with Gasteiger partial charge in [0.2, 0.25) is 0 Å². The smallest absolute Gasteiger partial charge is 0.293 e. The van der Waals surface area contributed by atoms with Crippen LogP contribution in [0.25, 0.3) is 17.0 Å².